The molecule has 29 heavy (non-hydrogen) atoms. The standard InChI is InChI=1S/C22H22N4O2S/c1-14(29-21-25-24-20(28-21)15-9-11-23-12-10-15)18(27)13-19-22(2,3)16-7-5-6-8-17(16)26(19)4/h5-14H,1-4H3/b19-13+. The summed E-state index contributed by atoms with van der Waals surface area (Å²) in [6.07, 6.45) is 5.09. The summed E-state index contributed by atoms with van der Waals surface area (Å²) in [5.41, 5.74) is 3.91. The van der Waals surface area contributed by atoms with E-state index in [1.54, 1.807) is 30.6 Å². The number of anilines is 1. The van der Waals surface area contributed by atoms with Gasteiger partial charge in [0.2, 0.25) is 5.89 Å². The van der Waals surface area contributed by atoms with Crippen molar-refractivity contribution in [2.24, 2.45) is 0 Å². The monoisotopic (exact) mass is 406 g/mol. The number of hydrogen-bond acceptors (Lipinski definition) is 7. The number of pyridine rings is 1. The van der Waals surface area contributed by atoms with Gasteiger partial charge in [-0.15, -0.1) is 10.2 Å². The smallest absolute Gasteiger partial charge is 0.277 e. The molecular formula is C22H22N4O2S. The van der Waals surface area contributed by atoms with Crippen molar-refractivity contribution >= 4 is 23.2 Å². The van der Waals surface area contributed by atoms with E-state index in [0.29, 0.717) is 11.1 Å². The summed E-state index contributed by atoms with van der Waals surface area (Å²) < 4.78 is 5.70. The van der Waals surface area contributed by atoms with Crippen molar-refractivity contribution < 1.29 is 9.21 Å². The molecule has 2 aromatic heterocycles. The van der Waals surface area contributed by atoms with Crippen molar-refractivity contribution in [3.8, 4) is 11.5 Å². The zero-order valence-electron chi connectivity index (χ0n) is 16.8. The molecule has 0 N–H and O–H groups in total. The highest BCUT2D eigenvalue weighted by Gasteiger charge is 2.38. The predicted octanol–water partition coefficient (Wildman–Crippen LogP) is 4.49. The molecule has 0 radical (unpaired) electrons. The third-order valence-corrected chi connectivity index (χ3v) is 6.18. The Bertz CT molecular complexity index is 1080. The summed E-state index contributed by atoms with van der Waals surface area (Å²) >= 11 is 1.27. The molecule has 0 saturated heterocycles. The first kappa shape index (κ1) is 19.4. The molecule has 0 fully saturated rings. The van der Waals surface area contributed by atoms with Crippen LogP contribution in [0.3, 0.4) is 0 Å². The van der Waals surface area contributed by atoms with Crippen LogP contribution in [-0.4, -0.2) is 33.3 Å². The Morgan fingerprint density at radius 1 is 1.17 bits per heavy atom. The number of nitrogens with zero attached hydrogens (tertiary/aromatic N) is 4. The lowest BCUT2D eigenvalue weighted by atomic mass is 9.83. The number of ketones is 1. The van der Waals surface area contributed by atoms with Crippen LogP contribution in [0.5, 0.6) is 0 Å². The van der Waals surface area contributed by atoms with Gasteiger partial charge in [-0.3, -0.25) is 9.78 Å². The first-order valence-corrected chi connectivity index (χ1v) is 10.3. The highest BCUT2D eigenvalue weighted by molar-refractivity contribution is 8.00. The fraction of sp³-hybridized carbons (Fsp3) is 0.273. The van der Waals surface area contributed by atoms with E-state index in [4.69, 9.17) is 4.42 Å². The van der Waals surface area contributed by atoms with Gasteiger partial charge in [-0.25, -0.2) is 0 Å². The second-order valence-corrected chi connectivity index (χ2v) is 8.79. The fourth-order valence-electron chi connectivity index (χ4n) is 3.59. The first-order chi connectivity index (χ1) is 13.9. The lowest BCUT2D eigenvalue weighted by molar-refractivity contribution is -0.114. The minimum atomic E-state index is -0.346. The predicted molar refractivity (Wildman–Crippen MR) is 114 cm³/mol. The Balaban J connectivity index is 1.51. The van der Waals surface area contributed by atoms with Gasteiger partial charge in [0.1, 0.15) is 0 Å². The first-order valence-electron chi connectivity index (χ1n) is 9.37. The highest BCUT2D eigenvalue weighted by atomic mass is 32.2. The average molecular weight is 407 g/mol. The molecule has 0 aliphatic carbocycles. The molecule has 1 aliphatic rings. The van der Waals surface area contributed by atoms with Gasteiger partial charge in [-0.2, -0.15) is 0 Å². The number of hydrogen-bond donors (Lipinski definition) is 0. The Morgan fingerprint density at radius 2 is 1.90 bits per heavy atom. The zero-order chi connectivity index (χ0) is 20.6. The summed E-state index contributed by atoms with van der Waals surface area (Å²) in [6, 6.07) is 11.9. The van der Waals surface area contributed by atoms with Crippen LogP contribution in [0.2, 0.25) is 0 Å². The summed E-state index contributed by atoms with van der Waals surface area (Å²) in [4.78, 5) is 19.0. The molecular weight excluding hydrogens is 384 g/mol. The van der Waals surface area contributed by atoms with Crippen molar-refractivity contribution in [1.82, 2.24) is 15.2 Å². The molecule has 1 aromatic carbocycles. The molecule has 0 spiro atoms. The Morgan fingerprint density at radius 3 is 2.62 bits per heavy atom. The third-order valence-electron chi connectivity index (χ3n) is 5.23. The van der Waals surface area contributed by atoms with Crippen molar-refractivity contribution in [3.05, 3.63) is 66.1 Å². The van der Waals surface area contributed by atoms with Crippen LogP contribution in [-0.2, 0) is 10.2 Å². The van der Waals surface area contributed by atoms with Crippen molar-refractivity contribution in [2.75, 3.05) is 11.9 Å². The maximum atomic E-state index is 12.9. The molecule has 6 nitrogen and oxygen atoms in total. The van der Waals surface area contributed by atoms with Gasteiger partial charge in [0, 0.05) is 47.9 Å². The molecule has 4 rings (SSSR count). The molecule has 3 aromatic rings. The Hall–Kier alpha value is -2.93. The molecule has 0 amide bonds. The maximum Gasteiger partial charge on any atom is 0.277 e. The number of likely N-dealkylation sites (N-methyl/N-ethyl adjacent to an activating group) is 1. The number of para-hydroxylation sites is 1. The van der Waals surface area contributed by atoms with Gasteiger partial charge < -0.3 is 9.32 Å². The number of aromatic nitrogens is 3. The quantitative estimate of drug-likeness (QED) is 0.456. The summed E-state index contributed by atoms with van der Waals surface area (Å²) in [6.45, 7) is 6.14. The van der Waals surface area contributed by atoms with E-state index in [-0.39, 0.29) is 16.4 Å². The van der Waals surface area contributed by atoms with Crippen LogP contribution < -0.4 is 4.90 Å². The van der Waals surface area contributed by atoms with Crippen LogP contribution in [0, 0.1) is 0 Å². The number of carbonyl (C=O) groups excluding carboxylic acids is 1. The summed E-state index contributed by atoms with van der Waals surface area (Å²) in [5.74, 6) is 0.432. The van der Waals surface area contributed by atoms with E-state index in [1.165, 1.54) is 17.3 Å². The molecule has 7 heteroatoms. The van der Waals surface area contributed by atoms with Crippen LogP contribution in [0.4, 0.5) is 5.69 Å². The topological polar surface area (TPSA) is 72.1 Å². The molecule has 0 saturated carbocycles. The maximum absolute atomic E-state index is 12.9. The summed E-state index contributed by atoms with van der Waals surface area (Å²) in [5, 5.41) is 8.16. The van der Waals surface area contributed by atoms with Crippen molar-refractivity contribution in [3.63, 3.8) is 0 Å². The van der Waals surface area contributed by atoms with E-state index in [0.717, 1.165) is 16.9 Å². The molecule has 1 unspecified atom stereocenters. The number of thioether (sulfide) groups is 1. The lowest BCUT2D eigenvalue weighted by Gasteiger charge is -2.24. The van der Waals surface area contributed by atoms with Gasteiger partial charge in [-0.05, 0) is 30.7 Å². The second-order valence-electron chi connectivity index (χ2n) is 7.50. The third kappa shape index (κ3) is 3.58. The minimum absolute atomic E-state index is 0.0152. The fourth-order valence-corrected chi connectivity index (χ4v) is 4.29. The number of benzene rings is 1. The number of carbonyl (C=O) groups is 1. The lowest BCUT2D eigenvalue weighted by Crippen LogP contribution is -2.25. The van der Waals surface area contributed by atoms with E-state index in [2.05, 4.69) is 46.1 Å². The normalized spacial score (nSPS) is 17.4. The number of allylic oxidation sites excluding steroid dienone is 2. The van der Waals surface area contributed by atoms with Crippen molar-refractivity contribution in [2.45, 2.75) is 36.7 Å². The Labute approximate surface area is 174 Å². The van der Waals surface area contributed by atoms with Gasteiger partial charge in [0.15, 0.2) is 5.78 Å². The van der Waals surface area contributed by atoms with Gasteiger partial charge >= 0.3 is 0 Å². The number of fused-ring (bicyclic) bond motifs is 1. The minimum Gasteiger partial charge on any atom is -0.411 e. The molecule has 148 valence electrons. The second kappa shape index (κ2) is 7.48. The molecule has 1 aliphatic heterocycles. The molecule has 0 bridgehead atoms. The SMILES string of the molecule is CC(Sc1nnc(-c2ccncc2)o1)C(=O)/C=C1/N(C)c2ccccc2C1(C)C. The van der Waals surface area contributed by atoms with Crippen LogP contribution in [0.25, 0.3) is 11.5 Å². The van der Waals surface area contributed by atoms with Gasteiger partial charge in [0.25, 0.3) is 5.22 Å². The largest absolute Gasteiger partial charge is 0.411 e. The van der Waals surface area contributed by atoms with Crippen LogP contribution in [0.1, 0.15) is 26.3 Å². The number of rotatable bonds is 5. The Kier molecular flexibility index (Phi) is 5.00. The van der Waals surface area contributed by atoms with Gasteiger partial charge in [0.05, 0.1) is 5.25 Å². The summed E-state index contributed by atoms with van der Waals surface area (Å²) in [7, 11) is 2.00. The van der Waals surface area contributed by atoms with E-state index >= 15 is 0 Å². The van der Waals surface area contributed by atoms with E-state index in [1.807, 2.05) is 26.1 Å². The van der Waals surface area contributed by atoms with E-state index < -0.39 is 0 Å². The van der Waals surface area contributed by atoms with Crippen LogP contribution in [0.15, 0.2) is 70.2 Å². The zero-order valence-corrected chi connectivity index (χ0v) is 17.6. The highest BCUT2D eigenvalue weighted by Crippen LogP contribution is 2.46. The average Bonchev–Trinajstić information content (AvgIpc) is 3.26. The van der Waals surface area contributed by atoms with E-state index in [9.17, 15) is 4.79 Å². The van der Waals surface area contributed by atoms with Crippen molar-refractivity contribution in [1.29, 1.82) is 0 Å². The molecule has 1 atom stereocenters. The molecule has 3 heterocycles. The van der Waals surface area contributed by atoms with Gasteiger partial charge in [-0.1, -0.05) is 43.8 Å². The van der Waals surface area contributed by atoms with Crippen LogP contribution >= 0.6 is 11.8 Å².